The van der Waals surface area contributed by atoms with E-state index >= 15 is 0 Å². The van der Waals surface area contributed by atoms with E-state index in [0.717, 1.165) is 18.1 Å². The Morgan fingerprint density at radius 3 is 2.40 bits per heavy atom. The lowest BCUT2D eigenvalue weighted by atomic mass is 10.3. The minimum Gasteiger partial charge on any atom is -0.494 e. The Morgan fingerprint density at radius 2 is 1.75 bits per heavy atom. The van der Waals surface area contributed by atoms with Gasteiger partial charge in [-0.3, -0.25) is 0 Å². The summed E-state index contributed by atoms with van der Waals surface area (Å²) < 4.78 is 11.1. The van der Waals surface area contributed by atoms with Gasteiger partial charge in [0.1, 0.15) is 23.1 Å². The van der Waals surface area contributed by atoms with Gasteiger partial charge >= 0.3 is 0 Å². The molecular weight excluding hydrogens is 254 g/mol. The van der Waals surface area contributed by atoms with Crippen LogP contribution in [0.5, 0.6) is 17.4 Å². The molecule has 5 nitrogen and oxygen atoms in total. The highest BCUT2D eigenvalue weighted by Crippen LogP contribution is 2.24. The maximum Gasteiger partial charge on any atom is 0.224 e. The van der Waals surface area contributed by atoms with E-state index in [2.05, 4.69) is 15.3 Å². The Balaban J connectivity index is 2.12. The molecule has 5 heteroatoms. The van der Waals surface area contributed by atoms with E-state index in [1.165, 1.54) is 0 Å². The third kappa shape index (κ3) is 3.85. The van der Waals surface area contributed by atoms with Gasteiger partial charge in [0.2, 0.25) is 5.88 Å². The monoisotopic (exact) mass is 273 g/mol. The highest BCUT2D eigenvalue weighted by Gasteiger charge is 2.04. The molecule has 0 saturated carbocycles. The van der Waals surface area contributed by atoms with Gasteiger partial charge in [-0.05, 0) is 45.0 Å². The summed E-state index contributed by atoms with van der Waals surface area (Å²) in [6, 6.07) is 9.24. The van der Waals surface area contributed by atoms with Gasteiger partial charge in [0, 0.05) is 12.6 Å². The second-order valence-corrected chi connectivity index (χ2v) is 4.18. The molecule has 2 aromatic rings. The zero-order chi connectivity index (χ0) is 14.4. The van der Waals surface area contributed by atoms with Crippen LogP contribution in [-0.2, 0) is 0 Å². The van der Waals surface area contributed by atoms with Crippen LogP contribution in [0.15, 0.2) is 30.3 Å². The van der Waals surface area contributed by atoms with E-state index in [4.69, 9.17) is 9.47 Å². The summed E-state index contributed by atoms with van der Waals surface area (Å²) in [6.45, 7) is 7.27. The summed E-state index contributed by atoms with van der Waals surface area (Å²) in [4.78, 5) is 8.55. The maximum atomic E-state index is 5.73. The lowest BCUT2D eigenvalue weighted by Gasteiger charge is -2.09. The van der Waals surface area contributed by atoms with Crippen molar-refractivity contribution in [1.29, 1.82) is 0 Å². The standard InChI is InChI=1S/C15H19N3O2/c1-4-16-14-10-15(18-11(3)17-14)20-13-8-6-12(7-9-13)19-5-2/h6-10H,4-5H2,1-3H3,(H,16,17,18). The first-order valence-electron chi connectivity index (χ1n) is 6.71. The fourth-order valence-electron chi connectivity index (χ4n) is 1.76. The lowest BCUT2D eigenvalue weighted by Crippen LogP contribution is -2.02. The minimum atomic E-state index is 0.526. The molecule has 0 saturated heterocycles. The Labute approximate surface area is 119 Å². The Morgan fingerprint density at radius 1 is 1.05 bits per heavy atom. The van der Waals surface area contributed by atoms with E-state index in [1.54, 1.807) is 6.07 Å². The second-order valence-electron chi connectivity index (χ2n) is 4.18. The maximum absolute atomic E-state index is 5.73. The number of aromatic nitrogens is 2. The van der Waals surface area contributed by atoms with Crippen molar-refractivity contribution in [3.8, 4) is 17.4 Å². The van der Waals surface area contributed by atoms with Crippen molar-refractivity contribution in [2.45, 2.75) is 20.8 Å². The molecule has 0 fully saturated rings. The molecule has 0 spiro atoms. The highest BCUT2D eigenvalue weighted by atomic mass is 16.5. The van der Waals surface area contributed by atoms with Crippen LogP contribution in [-0.4, -0.2) is 23.1 Å². The van der Waals surface area contributed by atoms with Crippen molar-refractivity contribution < 1.29 is 9.47 Å². The number of benzene rings is 1. The average molecular weight is 273 g/mol. The van der Waals surface area contributed by atoms with Crippen molar-refractivity contribution in [2.75, 3.05) is 18.5 Å². The molecule has 0 aliphatic carbocycles. The highest BCUT2D eigenvalue weighted by molar-refractivity contribution is 5.40. The van der Waals surface area contributed by atoms with Gasteiger partial charge in [0.15, 0.2) is 0 Å². The topological polar surface area (TPSA) is 56.3 Å². The zero-order valence-corrected chi connectivity index (χ0v) is 12.0. The van der Waals surface area contributed by atoms with Crippen LogP contribution in [0, 0.1) is 6.92 Å². The number of hydrogen-bond donors (Lipinski definition) is 1. The lowest BCUT2D eigenvalue weighted by molar-refractivity contribution is 0.339. The number of hydrogen-bond acceptors (Lipinski definition) is 5. The van der Waals surface area contributed by atoms with Gasteiger partial charge in [-0.1, -0.05) is 0 Å². The zero-order valence-electron chi connectivity index (χ0n) is 12.0. The number of nitrogens with zero attached hydrogens (tertiary/aromatic N) is 2. The molecule has 20 heavy (non-hydrogen) atoms. The molecule has 1 aromatic carbocycles. The van der Waals surface area contributed by atoms with Crippen molar-refractivity contribution >= 4 is 5.82 Å². The van der Waals surface area contributed by atoms with Crippen molar-refractivity contribution in [2.24, 2.45) is 0 Å². The number of ether oxygens (including phenoxy) is 2. The van der Waals surface area contributed by atoms with Gasteiger partial charge in [-0.15, -0.1) is 0 Å². The SMILES string of the molecule is CCNc1cc(Oc2ccc(OCC)cc2)nc(C)n1. The van der Waals surface area contributed by atoms with Gasteiger partial charge in [0.05, 0.1) is 6.61 Å². The second kappa shape index (κ2) is 6.75. The van der Waals surface area contributed by atoms with Crippen molar-refractivity contribution in [1.82, 2.24) is 9.97 Å². The van der Waals surface area contributed by atoms with E-state index in [-0.39, 0.29) is 0 Å². The third-order valence-corrected chi connectivity index (χ3v) is 2.53. The van der Waals surface area contributed by atoms with Crippen LogP contribution >= 0.6 is 0 Å². The fraction of sp³-hybridized carbons (Fsp3) is 0.333. The van der Waals surface area contributed by atoms with Crippen LogP contribution in [0.4, 0.5) is 5.82 Å². The van der Waals surface area contributed by atoms with Crippen molar-refractivity contribution in [3.05, 3.63) is 36.2 Å². The van der Waals surface area contributed by atoms with E-state index in [9.17, 15) is 0 Å². The summed E-state index contributed by atoms with van der Waals surface area (Å²) >= 11 is 0. The molecule has 0 atom stereocenters. The third-order valence-electron chi connectivity index (χ3n) is 2.53. The Kier molecular flexibility index (Phi) is 4.76. The normalized spacial score (nSPS) is 10.2. The van der Waals surface area contributed by atoms with Gasteiger partial charge in [0.25, 0.3) is 0 Å². The minimum absolute atomic E-state index is 0.526. The van der Waals surface area contributed by atoms with Crippen LogP contribution in [0.3, 0.4) is 0 Å². The molecule has 0 radical (unpaired) electrons. The van der Waals surface area contributed by atoms with Gasteiger partial charge in [-0.25, -0.2) is 4.98 Å². The average Bonchev–Trinajstić information content (AvgIpc) is 2.41. The first-order chi connectivity index (χ1) is 9.71. The first kappa shape index (κ1) is 14.1. The van der Waals surface area contributed by atoms with Gasteiger partial charge in [-0.2, -0.15) is 4.98 Å². The number of aryl methyl sites for hydroxylation is 1. The first-order valence-corrected chi connectivity index (χ1v) is 6.71. The Bertz CT molecular complexity index is 556. The number of nitrogens with one attached hydrogen (secondary N) is 1. The quantitative estimate of drug-likeness (QED) is 0.874. The van der Waals surface area contributed by atoms with E-state index in [0.29, 0.717) is 24.1 Å². The van der Waals surface area contributed by atoms with Crippen LogP contribution in [0.2, 0.25) is 0 Å². The molecule has 1 N–H and O–H groups in total. The molecule has 0 aliphatic heterocycles. The van der Waals surface area contributed by atoms with Crippen molar-refractivity contribution in [3.63, 3.8) is 0 Å². The van der Waals surface area contributed by atoms with E-state index < -0.39 is 0 Å². The summed E-state index contributed by atoms with van der Waals surface area (Å²) in [7, 11) is 0. The molecule has 2 rings (SSSR count). The number of rotatable bonds is 6. The molecular formula is C15H19N3O2. The molecule has 0 bridgehead atoms. The summed E-state index contributed by atoms with van der Waals surface area (Å²) in [5, 5.41) is 3.15. The largest absolute Gasteiger partial charge is 0.494 e. The Hall–Kier alpha value is -2.30. The smallest absolute Gasteiger partial charge is 0.224 e. The van der Waals surface area contributed by atoms with Crippen LogP contribution in [0.25, 0.3) is 0 Å². The number of anilines is 1. The predicted octanol–water partition coefficient (Wildman–Crippen LogP) is 3.41. The molecule has 0 unspecified atom stereocenters. The molecule has 1 heterocycles. The van der Waals surface area contributed by atoms with Crippen LogP contribution < -0.4 is 14.8 Å². The molecule has 0 aliphatic rings. The summed E-state index contributed by atoms with van der Waals surface area (Å²) in [6.07, 6.45) is 0. The molecule has 1 aromatic heterocycles. The molecule has 0 amide bonds. The van der Waals surface area contributed by atoms with E-state index in [1.807, 2.05) is 45.0 Å². The van der Waals surface area contributed by atoms with Gasteiger partial charge < -0.3 is 14.8 Å². The fourth-order valence-corrected chi connectivity index (χ4v) is 1.76. The van der Waals surface area contributed by atoms with Crippen LogP contribution in [0.1, 0.15) is 19.7 Å². The summed E-state index contributed by atoms with van der Waals surface area (Å²) in [5.41, 5.74) is 0. The molecule has 106 valence electrons. The summed E-state index contributed by atoms with van der Waals surface area (Å²) in [5.74, 6) is 3.50. The predicted molar refractivity (Wildman–Crippen MR) is 78.6 cm³/mol.